The number of aryl methyl sites for hydroxylation is 1. The molecule has 3 aromatic carbocycles. The molecule has 156 valence electrons. The molecule has 0 saturated carbocycles. The van der Waals surface area contributed by atoms with Gasteiger partial charge in [0.1, 0.15) is 5.75 Å². The molecule has 0 spiro atoms. The first-order chi connectivity index (χ1) is 14.3. The zero-order valence-electron chi connectivity index (χ0n) is 17.0. The molecule has 0 saturated heterocycles. The summed E-state index contributed by atoms with van der Waals surface area (Å²) in [5.41, 5.74) is 2.53. The number of hydrogen-bond donors (Lipinski definition) is 2. The number of nitrogens with one attached hydrogen (secondary N) is 2. The Morgan fingerprint density at radius 3 is 2.23 bits per heavy atom. The number of sulfonamides is 1. The van der Waals surface area contributed by atoms with E-state index in [1.54, 1.807) is 37.3 Å². The van der Waals surface area contributed by atoms with Crippen molar-refractivity contribution < 1.29 is 17.9 Å². The van der Waals surface area contributed by atoms with Gasteiger partial charge in [0.25, 0.3) is 15.9 Å². The smallest absolute Gasteiger partial charge is 0.261 e. The van der Waals surface area contributed by atoms with E-state index in [-0.39, 0.29) is 16.8 Å². The maximum absolute atomic E-state index is 12.6. The van der Waals surface area contributed by atoms with E-state index in [0.717, 1.165) is 5.56 Å². The Kier molecular flexibility index (Phi) is 6.42. The average molecular weight is 425 g/mol. The molecular weight excluding hydrogens is 400 g/mol. The molecule has 6 nitrogen and oxygen atoms in total. The lowest BCUT2D eigenvalue weighted by molar-refractivity contribution is 0.0940. The molecule has 0 aliphatic carbocycles. The summed E-state index contributed by atoms with van der Waals surface area (Å²) in [6.07, 6.45) is 0. The van der Waals surface area contributed by atoms with E-state index >= 15 is 0 Å². The number of carbonyl (C=O) groups is 1. The summed E-state index contributed by atoms with van der Waals surface area (Å²) in [6, 6.07) is 20.5. The standard InChI is InChI=1S/C23H24N2O4S/c1-16-15-19(23(26)24-17(2)18-7-5-4-6-8-18)9-14-22(16)25-30(27,28)21-12-10-20(29-3)11-13-21/h4-15,17,25H,1-3H3,(H,24,26). The molecule has 0 heterocycles. The van der Waals surface area contributed by atoms with Crippen molar-refractivity contribution in [1.29, 1.82) is 0 Å². The summed E-state index contributed by atoms with van der Waals surface area (Å²) in [6.45, 7) is 3.67. The van der Waals surface area contributed by atoms with Crippen LogP contribution in [0.15, 0.2) is 77.7 Å². The zero-order chi connectivity index (χ0) is 21.7. The second-order valence-corrected chi connectivity index (χ2v) is 8.60. The molecular formula is C23H24N2O4S. The Morgan fingerprint density at radius 1 is 0.967 bits per heavy atom. The van der Waals surface area contributed by atoms with Crippen LogP contribution in [0.4, 0.5) is 5.69 Å². The molecule has 30 heavy (non-hydrogen) atoms. The van der Waals surface area contributed by atoms with Gasteiger partial charge in [-0.25, -0.2) is 8.42 Å². The minimum absolute atomic E-state index is 0.126. The van der Waals surface area contributed by atoms with Gasteiger partial charge in [0.2, 0.25) is 0 Å². The summed E-state index contributed by atoms with van der Waals surface area (Å²) in [5.74, 6) is 0.351. The van der Waals surface area contributed by atoms with Gasteiger partial charge in [0.15, 0.2) is 0 Å². The highest BCUT2D eigenvalue weighted by molar-refractivity contribution is 7.92. The summed E-state index contributed by atoms with van der Waals surface area (Å²) >= 11 is 0. The molecule has 0 radical (unpaired) electrons. The van der Waals surface area contributed by atoms with Crippen LogP contribution in [0.1, 0.15) is 34.5 Å². The number of methoxy groups -OCH3 is 1. The number of anilines is 1. The largest absolute Gasteiger partial charge is 0.497 e. The number of carbonyl (C=O) groups excluding carboxylic acids is 1. The minimum atomic E-state index is -3.76. The zero-order valence-corrected chi connectivity index (χ0v) is 17.9. The molecule has 3 aromatic rings. The van der Waals surface area contributed by atoms with Crippen molar-refractivity contribution in [2.45, 2.75) is 24.8 Å². The van der Waals surface area contributed by atoms with Gasteiger partial charge in [-0.2, -0.15) is 0 Å². The van der Waals surface area contributed by atoms with Crippen LogP contribution in [-0.2, 0) is 10.0 Å². The molecule has 7 heteroatoms. The van der Waals surface area contributed by atoms with Crippen LogP contribution in [0.5, 0.6) is 5.75 Å². The molecule has 3 rings (SSSR count). The lowest BCUT2D eigenvalue weighted by Gasteiger charge is -2.16. The van der Waals surface area contributed by atoms with Crippen LogP contribution in [-0.4, -0.2) is 21.4 Å². The topological polar surface area (TPSA) is 84.5 Å². The third-order valence-electron chi connectivity index (χ3n) is 4.75. The number of benzene rings is 3. The summed E-state index contributed by atoms with van der Waals surface area (Å²) < 4.78 is 32.9. The molecule has 0 aliphatic heterocycles. The van der Waals surface area contributed by atoms with Crippen LogP contribution >= 0.6 is 0 Å². The maximum atomic E-state index is 12.6. The first-order valence-corrected chi connectivity index (χ1v) is 10.9. The van der Waals surface area contributed by atoms with Crippen molar-refractivity contribution in [2.75, 3.05) is 11.8 Å². The van der Waals surface area contributed by atoms with E-state index in [4.69, 9.17) is 4.74 Å². The molecule has 0 aromatic heterocycles. The second-order valence-electron chi connectivity index (χ2n) is 6.92. The van der Waals surface area contributed by atoms with Gasteiger partial charge in [-0.1, -0.05) is 30.3 Å². The molecule has 1 amide bonds. The SMILES string of the molecule is COc1ccc(S(=O)(=O)Nc2ccc(C(=O)NC(C)c3ccccc3)cc2C)cc1. The molecule has 0 aliphatic rings. The van der Waals surface area contributed by atoms with Crippen molar-refractivity contribution in [1.82, 2.24) is 5.32 Å². The van der Waals surface area contributed by atoms with E-state index in [1.807, 2.05) is 37.3 Å². The van der Waals surface area contributed by atoms with Gasteiger partial charge in [0.05, 0.1) is 23.7 Å². The molecule has 0 bridgehead atoms. The van der Waals surface area contributed by atoms with Crippen molar-refractivity contribution in [3.05, 3.63) is 89.5 Å². The van der Waals surface area contributed by atoms with Gasteiger partial charge in [0, 0.05) is 5.56 Å². The fourth-order valence-corrected chi connectivity index (χ4v) is 4.11. The average Bonchev–Trinajstić information content (AvgIpc) is 2.75. The molecule has 0 fully saturated rings. The lowest BCUT2D eigenvalue weighted by Crippen LogP contribution is -2.26. The summed E-state index contributed by atoms with van der Waals surface area (Å²) in [7, 11) is -2.24. The Morgan fingerprint density at radius 2 is 1.63 bits per heavy atom. The van der Waals surface area contributed by atoms with Crippen LogP contribution in [0.2, 0.25) is 0 Å². The highest BCUT2D eigenvalue weighted by Crippen LogP contribution is 2.23. The summed E-state index contributed by atoms with van der Waals surface area (Å²) in [5, 5.41) is 2.95. The Hall–Kier alpha value is -3.32. The van der Waals surface area contributed by atoms with Gasteiger partial charge in [-0.15, -0.1) is 0 Å². The van der Waals surface area contributed by atoms with Crippen molar-refractivity contribution >= 4 is 21.6 Å². The Bertz CT molecular complexity index is 1130. The molecule has 1 atom stereocenters. The van der Waals surface area contributed by atoms with Gasteiger partial charge >= 0.3 is 0 Å². The number of hydrogen-bond acceptors (Lipinski definition) is 4. The fraction of sp³-hybridized carbons (Fsp3) is 0.174. The quantitative estimate of drug-likeness (QED) is 0.592. The van der Waals surface area contributed by atoms with E-state index in [2.05, 4.69) is 10.0 Å². The minimum Gasteiger partial charge on any atom is -0.497 e. The first kappa shape index (κ1) is 21.4. The summed E-state index contributed by atoms with van der Waals surface area (Å²) in [4.78, 5) is 12.7. The van der Waals surface area contributed by atoms with Crippen LogP contribution in [0.25, 0.3) is 0 Å². The lowest BCUT2D eigenvalue weighted by atomic mass is 10.1. The van der Waals surface area contributed by atoms with Crippen LogP contribution < -0.4 is 14.8 Å². The van der Waals surface area contributed by atoms with Crippen molar-refractivity contribution in [3.63, 3.8) is 0 Å². The Balaban J connectivity index is 1.73. The second kappa shape index (κ2) is 9.00. The number of ether oxygens (including phenoxy) is 1. The first-order valence-electron chi connectivity index (χ1n) is 9.43. The predicted octanol–water partition coefficient (Wildman–Crippen LogP) is 4.30. The van der Waals surface area contributed by atoms with Gasteiger partial charge in [-0.3, -0.25) is 9.52 Å². The fourth-order valence-electron chi connectivity index (χ4n) is 2.98. The highest BCUT2D eigenvalue weighted by atomic mass is 32.2. The molecule has 1 unspecified atom stereocenters. The third-order valence-corrected chi connectivity index (χ3v) is 6.13. The van der Waals surface area contributed by atoms with Gasteiger partial charge < -0.3 is 10.1 Å². The highest BCUT2D eigenvalue weighted by Gasteiger charge is 2.17. The van der Waals surface area contributed by atoms with E-state index in [1.165, 1.54) is 19.2 Å². The van der Waals surface area contributed by atoms with E-state index < -0.39 is 10.0 Å². The van der Waals surface area contributed by atoms with Crippen molar-refractivity contribution in [2.24, 2.45) is 0 Å². The normalized spacial score (nSPS) is 12.1. The number of amides is 1. The maximum Gasteiger partial charge on any atom is 0.261 e. The van der Waals surface area contributed by atoms with E-state index in [9.17, 15) is 13.2 Å². The van der Waals surface area contributed by atoms with Crippen LogP contribution in [0, 0.1) is 6.92 Å². The Labute approximate surface area is 177 Å². The van der Waals surface area contributed by atoms with Crippen LogP contribution in [0.3, 0.4) is 0 Å². The van der Waals surface area contributed by atoms with Crippen molar-refractivity contribution in [3.8, 4) is 5.75 Å². The predicted molar refractivity (Wildman–Crippen MR) is 117 cm³/mol. The van der Waals surface area contributed by atoms with E-state index in [0.29, 0.717) is 22.6 Å². The monoisotopic (exact) mass is 424 g/mol. The van der Waals surface area contributed by atoms with Gasteiger partial charge in [-0.05, 0) is 67.4 Å². The molecule has 2 N–H and O–H groups in total. The third kappa shape index (κ3) is 4.99. The number of rotatable bonds is 7.